The topological polar surface area (TPSA) is 61.6 Å². The highest BCUT2D eigenvalue weighted by Crippen LogP contribution is 2.27. The molecule has 5 nitrogen and oxygen atoms in total. The molecule has 5 heteroatoms. The summed E-state index contributed by atoms with van der Waals surface area (Å²) < 4.78 is 0. The van der Waals surface area contributed by atoms with E-state index in [1.807, 2.05) is 0 Å². The molecular weight excluding hydrogens is 216 g/mol. The van der Waals surface area contributed by atoms with Crippen molar-refractivity contribution in [3.8, 4) is 0 Å². The van der Waals surface area contributed by atoms with E-state index >= 15 is 0 Å². The van der Waals surface area contributed by atoms with Gasteiger partial charge in [-0.3, -0.25) is 20.0 Å². The first-order valence-electron chi connectivity index (χ1n) is 6.68. The third-order valence-corrected chi connectivity index (χ3v) is 3.99. The zero-order valence-corrected chi connectivity index (χ0v) is 10.7. The summed E-state index contributed by atoms with van der Waals surface area (Å²) >= 11 is 0. The predicted molar refractivity (Wildman–Crippen MR) is 67.2 cm³/mol. The lowest BCUT2D eigenvalue weighted by atomic mass is 10.1. The molecule has 1 amide bonds. The molecule has 2 fully saturated rings. The van der Waals surface area contributed by atoms with E-state index in [-0.39, 0.29) is 5.91 Å². The number of amides is 1. The first-order valence-corrected chi connectivity index (χ1v) is 6.68. The second kappa shape index (κ2) is 5.80. The molecule has 1 heterocycles. The van der Waals surface area contributed by atoms with Gasteiger partial charge in [0, 0.05) is 44.7 Å². The Kier molecular flexibility index (Phi) is 4.36. The van der Waals surface area contributed by atoms with Gasteiger partial charge in [-0.15, -0.1) is 0 Å². The number of hydrogen-bond donors (Lipinski definition) is 2. The standard InChI is InChI=1S/C12H24N4O/c1-10(2-5-12(17)14-13)15-6-8-16(9-7-15)11-3-4-11/h10-11H,2-9,13H2,1H3,(H,14,17). The molecule has 98 valence electrons. The van der Waals surface area contributed by atoms with E-state index in [9.17, 15) is 4.79 Å². The van der Waals surface area contributed by atoms with Crippen molar-refractivity contribution < 1.29 is 4.79 Å². The Morgan fingerprint density at radius 1 is 1.35 bits per heavy atom. The van der Waals surface area contributed by atoms with Crippen LogP contribution in [0.5, 0.6) is 0 Å². The number of nitrogens with two attached hydrogens (primary N) is 1. The van der Waals surface area contributed by atoms with E-state index in [1.54, 1.807) is 0 Å². The summed E-state index contributed by atoms with van der Waals surface area (Å²) in [6.45, 7) is 6.87. The van der Waals surface area contributed by atoms with Crippen LogP contribution in [0.25, 0.3) is 0 Å². The van der Waals surface area contributed by atoms with Crippen molar-refractivity contribution in [1.29, 1.82) is 0 Å². The van der Waals surface area contributed by atoms with Crippen molar-refractivity contribution in [2.45, 2.75) is 44.7 Å². The Balaban J connectivity index is 1.66. The fraction of sp³-hybridized carbons (Fsp3) is 0.917. The van der Waals surface area contributed by atoms with Crippen LogP contribution in [0, 0.1) is 0 Å². The van der Waals surface area contributed by atoms with Crippen LogP contribution in [0.15, 0.2) is 0 Å². The van der Waals surface area contributed by atoms with Crippen molar-refractivity contribution in [2.75, 3.05) is 26.2 Å². The zero-order valence-electron chi connectivity index (χ0n) is 10.7. The number of nitrogens with zero attached hydrogens (tertiary/aromatic N) is 2. The highest BCUT2D eigenvalue weighted by molar-refractivity contribution is 5.75. The zero-order chi connectivity index (χ0) is 12.3. The molecule has 17 heavy (non-hydrogen) atoms. The van der Waals surface area contributed by atoms with Crippen molar-refractivity contribution >= 4 is 5.91 Å². The van der Waals surface area contributed by atoms with Gasteiger partial charge in [0.15, 0.2) is 0 Å². The maximum atomic E-state index is 11.1. The smallest absolute Gasteiger partial charge is 0.233 e. The predicted octanol–water partition coefficient (Wildman–Crippen LogP) is -0.0750. The van der Waals surface area contributed by atoms with Gasteiger partial charge in [-0.05, 0) is 26.2 Å². The van der Waals surface area contributed by atoms with E-state index in [1.165, 1.54) is 25.9 Å². The molecule has 1 atom stereocenters. The van der Waals surface area contributed by atoms with Crippen LogP contribution in [0.3, 0.4) is 0 Å². The van der Waals surface area contributed by atoms with Gasteiger partial charge in [0.1, 0.15) is 0 Å². The van der Waals surface area contributed by atoms with Crippen LogP contribution in [-0.4, -0.2) is 54.0 Å². The summed E-state index contributed by atoms with van der Waals surface area (Å²) in [6, 6.07) is 1.36. The maximum Gasteiger partial charge on any atom is 0.233 e. The lowest BCUT2D eigenvalue weighted by Gasteiger charge is -2.38. The number of hydrazine groups is 1. The van der Waals surface area contributed by atoms with Crippen LogP contribution >= 0.6 is 0 Å². The third-order valence-electron chi connectivity index (χ3n) is 3.99. The van der Waals surface area contributed by atoms with Crippen molar-refractivity contribution in [3.05, 3.63) is 0 Å². The number of carbonyl (C=O) groups excluding carboxylic acids is 1. The van der Waals surface area contributed by atoms with E-state index in [0.29, 0.717) is 12.5 Å². The Morgan fingerprint density at radius 3 is 2.53 bits per heavy atom. The molecule has 0 bridgehead atoms. The average Bonchev–Trinajstić information content (AvgIpc) is 3.20. The van der Waals surface area contributed by atoms with Gasteiger partial charge in [-0.1, -0.05) is 0 Å². The molecule has 2 aliphatic rings. The number of rotatable bonds is 5. The van der Waals surface area contributed by atoms with Gasteiger partial charge in [0.25, 0.3) is 0 Å². The van der Waals surface area contributed by atoms with Gasteiger partial charge in [0.2, 0.25) is 5.91 Å². The third kappa shape index (κ3) is 3.66. The molecule has 0 aromatic rings. The molecule has 1 aliphatic carbocycles. The van der Waals surface area contributed by atoms with Gasteiger partial charge < -0.3 is 0 Å². The summed E-state index contributed by atoms with van der Waals surface area (Å²) in [6.07, 6.45) is 4.21. The highest BCUT2D eigenvalue weighted by Gasteiger charge is 2.31. The van der Waals surface area contributed by atoms with Gasteiger partial charge >= 0.3 is 0 Å². The van der Waals surface area contributed by atoms with E-state index in [0.717, 1.165) is 25.6 Å². The second-order valence-corrected chi connectivity index (χ2v) is 5.26. The highest BCUT2D eigenvalue weighted by atomic mass is 16.2. The quantitative estimate of drug-likeness (QED) is 0.401. The average molecular weight is 240 g/mol. The first kappa shape index (κ1) is 12.8. The molecule has 1 saturated carbocycles. The summed E-state index contributed by atoms with van der Waals surface area (Å²) in [5.41, 5.74) is 2.19. The monoisotopic (exact) mass is 240 g/mol. The molecule has 0 radical (unpaired) electrons. The Morgan fingerprint density at radius 2 is 2.00 bits per heavy atom. The SMILES string of the molecule is CC(CCC(=O)NN)N1CCN(C2CC2)CC1. The number of piperazine rings is 1. The summed E-state index contributed by atoms with van der Waals surface area (Å²) in [5.74, 6) is 5.01. The fourth-order valence-corrected chi connectivity index (χ4v) is 2.58. The molecule has 1 aliphatic heterocycles. The van der Waals surface area contributed by atoms with Crippen LogP contribution < -0.4 is 11.3 Å². The Bertz CT molecular complexity index is 259. The summed E-state index contributed by atoms with van der Waals surface area (Å²) in [7, 11) is 0. The molecular formula is C12H24N4O. The van der Waals surface area contributed by atoms with E-state index in [4.69, 9.17) is 5.84 Å². The van der Waals surface area contributed by atoms with Gasteiger partial charge in [0.05, 0.1) is 0 Å². The molecule has 2 rings (SSSR count). The second-order valence-electron chi connectivity index (χ2n) is 5.26. The molecule has 1 saturated heterocycles. The largest absolute Gasteiger partial charge is 0.298 e. The summed E-state index contributed by atoms with van der Waals surface area (Å²) in [5, 5.41) is 0. The molecule has 3 N–H and O–H groups in total. The minimum absolute atomic E-state index is 0.0616. The van der Waals surface area contributed by atoms with Crippen molar-refractivity contribution in [3.63, 3.8) is 0 Å². The molecule has 0 aromatic heterocycles. The minimum atomic E-state index is -0.0616. The lowest BCUT2D eigenvalue weighted by Crippen LogP contribution is -2.50. The van der Waals surface area contributed by atoms with Crippen LogP contribution in [0.4, 0.5) is 0 Å². The van der Waals surface area contributed by atoms with Crippen LogP contribution in [0.2, 0.25) is 0 Å². The fourth-order valence-electron chi connectivity index (χ4n) is 2.58. The van der Waals surface area contributed by atoms with Crippen LogP contribution in [-0.2, 0) is 4.79 Å². The van der Waals surface area contributed by atoms with Crippen molar-refractivity contribution in [1.82, 2.24) is 15.2 Å². The summed E-state index contributed by atoms with van der Waals surface area (Å²) in [4.78, 5) is 16.2. The van der Waals surface area contributed by atoms with E-state index in [2.05, 4.69) is 22.1 Å². The lowest BCUT2D eigenvalue weighted by molar-refractivity contribution is -0.121. The van der Waals surface area contributed by atoms with Gasteiger partial charge in [-0.25, -0.2) is 5.84 Å². The molecule has 0 spiro atoms. The van der Waals surface area contributed by atoms with E-state index < -0.39 is 0 Å². The number of hydrogen-bond acceptors (Lipinski definition) is 4. The molecule has 0 aromatic carbocycles. The first-order chi connectivity index (χ1) is 8.20. The normalized spacial score (nSPS) is 24.6. The maximum absolute atomic E-state index is 11.1. The Hall–Kier alpha value is -0.650. The van der Waals surface area contributed by atoms with Crippen LogP contribution in [0.1, 0.15) is 32.6 Å². The number of nitrogens with one attached hydrogen (secondary N) is 1. The van der Waals surface area contributed by atoms with Gasteiger partial charge in [-0.2, -0.15) is 0 Å². The molecule has 1 unspecified atom stereocenters. The minimum Gasteiger partial charge on any atom is -0.298 e. The number of carbonyl (C=O) groups is 1. The van der Waals surface area contributed by atoms with Crippen molar-refractivity contribution in [2.24, 2.45) is 5.84 Å². The Labute approximate surface area is 103 Å².